The number of amides is 1. The molecule has 1 fully saturated rings. The number of hydrogen-bond acceptors (Lipinski definition) is 7. The Hall–Kier alpha value is -2.65. The lowest BCUT2D eigenvalue weighted by atomic mass is 10.0. The van der Waals surface area contributed by atoms with Crippen molar-refractivity contribution in [2.45, 2.75) is 57.1 Å². The largest absolute Gasteiger partial charge is 0.462 e. The summed E-state index contributed by atoms with van der Waals surface area (Å²) in [5.74, 6) is 1.06. The topological polar surface area (TPSA) is 86.1 Å². The fraction of sp³-hybridized carbons (Fsp3) is 0.417. The van der Waals surface area contributed by atoms with Crippen LogP contribution in [0.4, 0.5) is 5.00 Å². The SMILES string of the molecule is CCOC(=O)c1c(-c2ccccc2)csc1NC(=O)CSc1nnc(C2CCCC2)n1CC. The molecule has 1 N–H and O–H groups in total. The molecule has 0 saturated heterocycles. The van der Waals surface area contributed by atoms with Crippen LogP contribution in [-0.4, -0.2) is 39.0 Å². The molecule has 3 aromatic rings. The third-order valence-electron chi connectivity index (χ3n) is 5.72. The molecule has 9 heteroatoms. The van der Waals surface area contributed by atoms with Crippen LogP contribution in [-0.2, 0) is 16.1 Å². The Bertz CT molecular complexity index is 1100. The highest BCUT2D eigenvalue weighted by Gasteiger charge is 2.25. The van der Waals surface area contributed by atoms with Gasteiger partial charge in [0.1, 0.15) is 16.4 Å². The Morgan fingerprint density at radius 2 is 1.94 bits per heavy atom. The van der Waals surface area contributed by atoms with Gasteiger partial charge < -0.3 is 14.6 Å². The third kappa shape index (κ3) is 5.30. The Labute approximate surface area is 201 Å². The predicted octanol–water partition coefficient (Wildman–Crippen LogP) is 5.59. The van der Waals surface area contributed by atoms with E-state index in [9.17, 15) is 9.59 Å². The zero-order valence-electron chi connectivity index (χ0n) is 18.9. The van der Waals surface area contributed by atoms with E-state index in [1.54, 1.807) is 6.92 Å². The van der Waals surface area contributed by atoms with Gasteiger partial charge >= 0.3 is 5.97 Å². The fourth-order valence-electron chi connectivity index (χ4n) is 4.17. The number of nitrogens with one attached hydrogen (secondary N) is 1. The molecule has 33 heavy (non-hydrogen) atoms. The maximum Gasteiger partial charge on any atom is 0.341 e. The lowest BCUT2D eigenvalue weighted by Crippen LogP contribution is -2.17. The van der Waals surface area contributed by atoms with Crippen molar-refractivity contribution < 1.29 is 14.3 Å². The Morgan fingerprint density at radius 1 is 1.18 bits per heavy atom. The molecule has 0 spiro atoms. The summed E-state index contributed by atoms with van der Waals surface area (Å²) in [7, 11) is 0. The van der Waals surface area contributed by atoms with E-state index < -0.39 is 5.97 Å². The Balaban J connectivity index is 1.48. The van der Waals surface area contributed by atoms with Crippen molar-refractivity contribution in [3.05, 3.63) is 47.1 Å². The van der Waals surface area contributed by atoms with E-state index >= 15 is 0 Å². The summed E-state index contributed by atoms with van der Waals surface area (Å²) in [6, 6.07) is 9.63. The van der Waals surface area contributed by atoms with Gasteiger partial charge in [-0.3, -0.25) is 4.79 Å². The summed E-state index contributed by atoms with van der Waals surface area (Å²) in [6.07, 6.45) is 4.78. The monoisotopic (exact) mass is 484 g/mol. The second-order valence-electron chi connectivity index (χ2n) is 7.84. The van der Waals surface area contributed by atoms with Crippen molar-refractivity contribution in [2.24, 2.45) is 0 Å². The summed E-state index contributed by atoms with van der Waals surface area (Å²) in [4.78, 5) is 25.5. The predicted molar refractivity (Wildman–Crippen MR) is 132 cm³/mol. The number of carbonyl (C=O) groups is 2. The molecule has 174 valence electrons. The molecule has 0 bridgehead atoms. The normalized spacial score (nSPS) is 13.9. The first-order valence-corrected chi connectivity index (χ1v) is 13.2. The zero-order valence-corrected chi connectivity index (χ0v) is 20.5. The average Bonchev–Trinajstić information content (AvgIpc) is 3.57. The number of anilines is 1. The molecule has 0 radical (unpaired) electrons. The zero-order chi connectivity index (χ0) is 23.2. The van der Waals surface area contributed by atoms with E-state index in [1.165, 1.54) is 35.9 Å². The molecular weight excluding hydrogens is 456 g/mol. The highest BCUT2D eigenvalue weighted by Crippen LogP contribution is 2.37. The number of benzene rings is 1. The maximum absolute atomic E-state index is 12.8. The first kappa shape index (κ1) is 23.5. The summed E-state index contributed by atoms with van der Waals surface area (Å²) in [6.45, 7) is 4.89. The van der Waals surface area contributed by atoms with Gasteiger partial charge in [0.15, 0.2) is 5.16 Å². The maximum atomic E-state index is 12.8. The summed E-state index contributed by atoms with van der Waals surface area (Å²) < 4.78 is 7.39. The number of ether oxygens (including phenoxy) is 1. The number of thioether (sulfide) groups is 1. The number of hydrogen-bond donors (Lipinski definition) is 1. The molecule has 0 atom stereocenters. The van der Waals surface area contributed by atoms with E-state index in [-0.39, 0.29) is 18.3 Å². The molecule has 1 aromatic carbocycles. The van der Waals surface area contributed by atoms with Crippen LogP contribution in [0.25, 0.3) is 11.1 Å². The van der Waals surface area contributed by atoms with Crippen molar-refractivity contribution in [2.75, 3.05) is 17.7 Å². The van der Waals surface area contributed by atoms with Crippen LogP contribution >= 0.6 is 23.1 Å². The molecule has 0 aliphatic heterocycles. The van der Waals surface area contributed by atoms with Gasteiger partial charge in [0.25, 0.3) is 0 Å². The van der Waals surface area contributed by atoms with E-state index in [0.717, 1.165) is 41.5 Å². The molecule has 7 nitrogen and oxygen atoms in total. The molecule has 1 aliphatic rings. The summed E-state index contributed by atoms with van der Waals surface area (Å²) in [5.41, 5.74) is 2.06. The van der Waals surface area contributed by atoms with Crippen LogP contribution < -0.4 is 5.32 Å². The molecule has 1 amide bonds. The van der Waals surface area contributed by atoms with E-state index in [4.69, 9.17) is 4.74 Å². The first-order chi connectivity index (χ1) is 16.1. The smallest absolute Gasteiger partial charge is 0.341 e. The fourth-order valence-corrected chi connectivity index (χ4v) is 5.95. The lowest BCUT2D eigenvalue weighted by molar-refractivity contribution is -0.113. The number of rotatable bonds is 9. The second kappa shape index (κ2) is 11.0. The van der Waals surface area contributed by atoms with Gasteiger partial charge in [0, 0.05) is 23.4 Å². The molecule has 4 rings (SSSR count). The third-order valence-corrected chi connectivity index (χ3v) is 7.58. The van der Waals surface area contributed by atoms with Crippen molar-refractivity contribution >= 4 is 40.0 Å². The van der Waals surface area contributed by atoms with Crippen LogP contribution in [0.15, 0.2) is 40.9 Å². The summed E-state index contributed by atoms with van der Waals surface area (Å²) >= 11 is 2.70. The highest BCUT2D eigenvalue weighted by molar-refractivity contribution is 7.99. The minimum atomic E-state index is -0.438. The van der Waals surface area contributed by atoms with Gasteiger partial charge in [0.05, 0.1) is 12.4 Å². The minimum absolute atomic E-state index is 0.184. The molecule has 2 aromatic heterocycles. The Morgan fingerprint density at radius 3 is 2.64 bits per heavy atom. The summed E-state index contributed by atoms with van der Waals surface area (Å²) in [5, 5.41) is 14.8. The average molecular weight is 485 g/mol. The van der Waals surface area contributed by atoms with Crippen LogP contribution in [0.5, 0.6) is 0 Å². The van der Waals surface area contributed by atoms with Crippen molar-refractivity contribution in [1.29, 1.82) is 0 Å². The second-order valence-corrected chi connectivity index (χ2v) is 9.67. The molecular formula is C24H28N4O3S2. The molecule has 0 unspecified atom stereocenters. The number of esters is 1. The lowest BCUT2D eigenvalue weighted by Gasteiger charge is -2.11. The van der Waals surface area contributed by atoms with Crippen molar-refractivity contribution in [3.63, 3.8) is 0 Å². The van der Waals surface area contributed by atoms with Gasteiger partial charge in [-0.15, -0.1) is 21.5 Å². The van der Waals surface area contributed by atoms with Crippen molar-refractivity contribution in [1.82, 2.24) is 14.8 Å². The minimum Gasteiger partial charge on any atom is -0.462 e. The quantitative estimate of drug-likeness (QED) is 0.315. The van der Waals surface area contributed by atoms with Crippen LogP contribution in [0.3, 0.4) is 0 Å². The van der Waals surface area contributed by atoms with E-state index in [0.29, 0.717) is 16.5 Å². The number of nitrogens with zero attached hydrogens (tertiary/aromatic N) is 3. The van der Waals surface area contributed by atoms with Gasteiger partial charge in [0.2, 0.25) is 5.91 Å². The number of aromatic nitrogens is 3. The molecule has 1 saturated carbocycles. The highest BCUT2D eigenvalue weighted by atomic mass is 32.2. The molecule has 2 heterocycles. The van der Waals surface area contributed by atoms with Gasteiger partial charge in [-0.1, -0.05) is 54.9 Å². The van der Waals surface area contributed by atoms with Gasteiger partial charge in [-0.2, -0.15) is 0 Å². The standard InChI is InChI=1S/C24H28N4O3S2/c1-3-28-21(17-12-8-9-13-17)26-27-24(28)33-15-19(29)25-22-20(23(30)31-4-2)18(14-32-22)16-10-6-5-7-11-16/h5-7,10-11,14,17H,3-4,8-9,12-13,15H2,1-2H3,(H,25,29). The van der Waals surface area contributed by atoms with Crippen LogP contribution in [0.2, 0.25) is 0 Å². The van der Waals surface area contributed by atoms with E-state index in [1.807, 2.05) is 35.7 Å². The van der Waals surface area contributed by atoms with Crippen molar-refractivity contribution in [3.8, 4) is 11.1 Å². The Kier molecular flexibility index (Phi) is 7.82. The molecule has 1 aliphatic carbocycles. The van der Waals surface area contributed by atoms with Gasteiger partial charge in [-0.05, 0) is 32.3 Å². The number of carbonyl (C=O) groups excluding carboxylic acids is 2. The first-order valence-electron chi connectivity index (χ1n) is 11.3. The van der Waals surface area contributed by atoms with Crippen LogP contribution in [0.1, 0.15) is 61.6 Å². The van der Waals surface area contributed by atoms with E-state index in [2.05, 4.69) is 27.0 Å². The number of thiophene rings is 1. The van der Waals surface area contributed by atoms with Crippen LogP contribution in [0, 0.1) is 0 Å². The van der Waals surface area contributed by atoms with Gasteiger partial charge in [-0.25, -0.2) is 4.79 Å².